The Balaban J connectivity index is 2.21. The smallest absolute Gasteiger partial charge is 0.283 e. The van der Waals surface area contributed by atoms with Gasteiger partial charge in [-0.3, -0.25) is 22.9 Å². The second-order valence-electron chi connectivity index (χ2n) is 6.90. The van der Waals surface area contributed by atoms with Gasteiger partial charge in [0.1, 0.15) is 0 Å². The molecule has 0 saturated heterocycles. The lowest BCUT2D eigenvalue weighted by Gasteiger charge is -2.11. The summed E-state index contributed by atoms with van der Waals surface area (Å²) in [4.78, 5) is 30.7. The minimum Gasteiger partial charge on any atom is -0.283 e. The first kappa shape index (κ1) is 18.3. The van der Waals surface area contributed by atoms with Gasteiger partial charge in [0.2, 0.25) is 5.78 Å². The molecular weight excluding hydrogens is 378 g/mol. The highest BCUT2D eigenvalue weighted by molar-refractivity contribution is 6.30. The summed E-state index contributed by atoms with van der Waals surface area (Å²) >= 11 is 6.03. The minimum absolute atomic E-state index is 0.350. The third-order valence-electron chi connectivity index (χ3n) is 5.30. The number of aryl methyl sites for hydroxylation is 2. The molecule has 0 amide bonds. The first-order chi connectivity index (χ1) is 13.3. The highest BCUT2D eigenvalue weighted by atomic mass is 35.5. The van der Waals surface area contributed by atoms with Crippen molar-refractivity contribution in [3.05, 3.63) is 74.2 Å². The van der Waals surface area contributed by atoms with E-state index in [0.29, 0.717) is 22.0 Å². The molecule has 1 atom stereocenters. The lowest BCUT2D eigenvalue weighted by Crippen LogP contribution is -2.40. The molecule has 7 nitrogen and oxygen atoms in total. The van der Waals surface area contributed by atoms with Crippen molar-refractivity contribution in [2.24, 2.45) is 7.05 Å². The summed E-state index contributed by atoms with van der Waals surface area (Å²) in [5, 5.41) is 0.638. The lowest BCUT2D eigenvalue weighted by atomic mass is 10.3. The van der Waals surface area contributed by atoms with E-state index in [1.54, 1.807) is 32.2 Å². The van der Waals surface area contributed by atoms with Gasteiger partial charge >= 0.3 is 5.69 Å². The number of rotatable bonds is 3. The number of aromatic nitrogens is 5. The van der Waals surface area contributed by atoms with Crippen molar-refractivity contribution in [3.8, 4) is 5.69 Å². The van der Waals surface area contributed by atoms with E-state index >= 15 is 0 Å². The van der Waals surface area contributed by atoms with Crippen LogP contribution in [-0.4, -0.2) is 23.1 Å². The van der Waals surface area contributed by atoms with Crippen LogP contribution in [0.1, 0.15) is 24.4 Å². The van der Waals surface area contributed by atoms with Crippen LogP contribution in [0.15, 0.2) is 46.5 Å². The zero-order valence-electron chi connectivity index (χ0n) is 16.1. The zero-order valence-corrected chi connectivity index (χ0v) is 16.9. The summed E-state index contributed by atoms with van der Waals surface area (Å²) < 4.78 is 6.38. The maximum Gasteiger partial charge on any atom is 0.333 e. The summed E-state index contributed by atoms with van der Waals surface area (Å²) in [5.74, 6) is 0.573. The molecule has 0 bridgehead atoms. The van der Waals surface area contributed by atoms with Crippen LogP contribution < -0.4 is 11.2 Å². The number of imidazole rings is 2. The van der Waals surface area contributed by atoms with Crippen molar-refractivity contribution >= 4 is 28.5 Å². The maximum atomic E-state index is 13.2. The van der Waals surface area contributed by atoms with Crippen LogP contribution in [0, 0.1) is 13.8 Å². The van der Waals surface area contributed by atoms with Gasteiger partial charge in [0.05, 0.1) is 6.04 Å². The lowest BCUT2D eigenvalue weighted by molar-refractivity contribution is 0.574. The molecule has 4 aromatic rings. The Morgan fingerprint density at radius 2 is 1.79 bits per heavy atom. The fraction of sp³-hybridized carbons (Fsp3) is 0.250. The van der Waals surface area contributed by atoms with Crippen LogP contribution in [0.4, 0.5) is 0 Å². The van der Waals surface area contributed by atoms with Gasteiger partial charge in [-0.2, -0.15) is 4.98 Å². The average Bonchev–Trinajstić information content (AvgIpc) is 3.17. The van der Waals surface area contributed by atoms with Crippen LogP contribution in [0.5, 0.6) is 0 Å². The maximum absolute atomic E-state index is 13.2. The average molecular weight is 398 g/mol. The van der Waals surface area contributed by atoms with Gasteiger partial charge in [0, 0.05) is 29.1 Å². The Bertz CT molecular complexity index is 1370. The summed E-state index contributed by atoms with van der Waals surface area (Å²) in [5.41, 5.74) is 2.62. The molecule has 8 heteroatoms. The van der Waals surface area contributed by atoms with Crippen LogP contribution >= 0.6 is 11.6 Å². The molecular formula is C20H20ClN5O2. The molecule has 3 aromatic heterocycles. The topological polar surface area (TPSA) is 66.2 Å². The highest BCUT2D eigenvalue weighted by Crippen LogP contribution is 2.25. The Labute approximate surface area is 165 Å². The van der Waals surface area contributed by atoms with Crippen LogP contribution in [0.2, 0.25) is 5.02 Å². The van der Waals surface area contributed by atoms with Gasteiger partial charge < -0.3 is 0 Å². The van der Waals surface area contributed by atoms with E-state index in [1.807, 2.05) is 34.9 Å². The summed E-state index contributed by atoms with van der Waals surface area (Å²) in [7, 11) is 1.62. The van der Waals surface area contributed by atoms with E-state index in [1.165, 1.54) is 9.13 Å². The van der Waals surface area contributed by atoms with Crippen molar-refractivity contribution in [2.45, 2.75) is 26.8 Å². The molecule has 0 fully saturated rings. The van der Waals surface area contributed by atoms with E-state index in [-0.39, 0.29) is 5.56 Å². The minimum atomic E-state index is -0.430. The number of nitrogens with zero attached hydrogens (tertiary/aromatic N) is 5. The molecule has 0 aliphatic rings. The molecule has 0 aliphatic carbocycles. The molecule has 1 aromatic carbocycles. The van der Waals surface area contributed by atoms with E-state index in [9.17, 15) is 9.59 Å². The van der Waals surface area contributed by atoms with Gasteiger partial charge in [-0.25, -0.2) is 4.79 Å². The van der Waals surface area contributed by atoms with Crippen molar-refractivity contribution in [2.75, 3.05) is 0 Å². The number of hydrogen-bond acceptors (Lipinski definition) is 3. The highest BCUT2D eigenvalue weighted by Gasteiger charge is 2.24. The van der Waals surface area contributed by atoms with Gasteiger partial charge in [-0.05, 0) is 45.0 Å². The first-order valence-electron chi connectivity index (χ1n) is 8.88. The molecule has 3 heterocycles. The zero-order chi connectivity index (χ0) is 20.3. The molecule has 0 unspecified atom stereocenters. The molecule has 0 N–H and O–H groups in total. The Morgan fingerprint density at radius 3 is 2.39 bits per heavy atom. The predicted octanol–water partition coefficient (Wildman–Crippen LogP) is 3.16. The van der Waals surface area contributed by atoms with Gasteiger partial charge in [0.15, 0.2) is 11.2 Å². The third kappa shape index (κ3) is 2.32. The number of fused-ring (bicyclic) bond motifs is 3. The first-order valence-corrected chi connectivity index (χ1v) is 9.25. The van der Waals surface area contributed by atoms with Gasteiger partial charge in [0.25, 0.3) is 5.56 Å². The normalized spacial score (nSPS) is 12.8. The Hall–Kier alpha value is -3.06. The Kier molecular flexibility index (Phi) is 4.08. The number of allylic oxidation sites excluding steroid dienone is 1. The fourth-order valence-corrected chi connectivity index (χ4v) is 3.71. The summed E-state index contributed by atoms with van der Waals surface area (Å²) in [6, 6.07) is 6.97. The van der Waals surface area contributed by atoms with Gasteiger partial charge in [-0.15, -0.1) is 6.58 Å². The van der Waals surface area contributed by atoms with E-state index in [2.05, 4.69) is 11.6 Å². The molecule has 0 spiro atoms. The quantitative estimate of drug-likeness (QED) is 0.499. The molecule has 0 saturated carbocycles. The second kappa shape index (κ2) is 6.24. The van der Waals surface area contributed by atoms with Crippen LogP contribution in [-0.2, 0) is 7.05 Å². The summed E-state index contributed by atoms with van der Waals surface area (Å²) in [6.45, 7) is 9.38. The molecule has 0 radical (unpaired) electrons. The van der Waals surface area contributed by atoms with E-state index in [0.717, 1.165) is 17.1 Å². The second-order valence-corrected chi connectivity index (χ2v) is 7.33. The third-order valence-corrected chi connectivity index (χ3v) is 5.55. The Morgan fingerprint density at radius 1 is 1.14 bits per heavy atom. The van der Waals surface area contributed by atoms with Crippen molar-refractivity contribution < 1.29 is 0 Å². The molecule has 28 heavy (non-hydrogen) atoms. The molecule has 4 rings (SSSR count). The fourth-order valence-electron chi connectivity index (χ4n) is 3.58. The van der Waals surface area contributed by atoms with Crippen LogP contribution in [0.3, 0.4) is 0 Å². The van der Waals surface area contributed by atoms with Crippen LogP contribution in [0.25, 0.3) is 22.6 Å². The number of halogens is 1. The van der Waals surface area contributed by atoms with E-state index < -0.39 is 11.7 Å². The largest absolute Gasteiger partial charge is 0.333 e. The number of benzene rings is 1. The predicted molar refractivity (Wildman–Crippen MR) is 111 cm³/mol. The standard InChI is InChI=1S/C20H20ClN5O2/c1-6-11(2)24-18(27)16-17(23(5)20(24)28)22-19-25(12(3)13(4)26(16)19)15-9-7-14(21)8-10-15/h6-11H,1H2,2-5H3/t11-/m0/s1. The monoisotopic (exact) mass is 397 g/mol. The number of hydrogen-bond donors (Lipinski definition) is 0. The van der Waals surface area contributed by atoms with Crippen molar-refractivity contribution in [3.63, 3.8) is 0 Å². The van der Waals surface area contributed by atoms with E-state index in [4.69, 9.17) is 11.6 Å². The molecule has 144 valence electrons. The SMILES string of the molecule is C=C[C@H](C)n1c(=O)c2c(nc3n(-c4ccc(Cl)cc4)c(C)c(C)n23)n(C)c1=O. The van der Waals surface area contributed by atoms with Crippen molar-refractivity contribution in [1.82, 2.24) is 23.1 Å². The van der Waals surface area contributed by atoms with Gasteiger partial charge in [-0.1, -0.05) is 17.7 Å². The van der Waals surface area contributed by atoms with Crippen molar-refractivity contribution in [1.29, 1.82) is 0 Å². The molecule has 0 aliphatic heterocycles. The summed E-state index contributed by atoms with van der Waals surface area (Å²) in [6.07, 6.45) is 1.57.